The second kappa shape index (κ2) is 12.5. The van der Waals surface area contributed by atoms with Crippen LogP contribution in [0.2, 0.25) is 10.0 Å². The number of aromatic nitrogens is 1. The van der Waals surface area contributed by atoms with E-state index in [-0.39, 0.29) is 17.7 Å². The summed E-state index contributed by atoms with van der Waals surface area (Å²) in [5, 5.41) is 12.8. The number of aliphatic hydroxyl groups is 1. The Hall–Kier alpha value is -2.97. The molecule has 2 unspecified atom stereocenters. The average molecular weight is 571 g/mol. The van der Waals surface area contributed by atoms with Gasteiger partial charge in [-0.2, -0.15) is 0 Å². The van der Waals surface area contributed by atoms with Gasteiger partial charge < -0.3 is 19.6 Å². The molecule has 7 nitrogen and oxygen atoms in total. The Bertz CT molecular complexity index is 1290. The van der Waals surface area contributed by atoms with E-state index in [2.05, 4.69) is 4.98 Å². The molecule has 2 amide bonds. The summed E-state index contributed by atoms with van der Waals surface area (Å²) in [4.78, 5) is 32.6. The van der Waals surface area contributed by atoms with Crippen LogP contribution >= 0.6 is 23.2 Å². The van der Waals surface area contributed by atoms with E-state index in [1.807, 2.05) is 47.4 Å². The molecule has 2 aliphatic heterocycles. The number of rotatable bonds is 5. The summed E-state index contributed by atoms with van der Waals surface area (Å²) in [5.74, 6) is -0.0972. The number of hydrogen-bond donors (Lipinski definition) is 1. The Morgan fingerprint density at radius 2 is 1.77 bits per heavy atom. The number of likely N-dealkylation sites (tertiary alicyclic amines) is 1. The van der Waals surface area contributed by atoms with Gasteiger partial charge in [0.1, 0.15) is 0 Å². The Kier molecular flexibility index (Phi) is 9.28. The van der Waals surface area contributed by atoms with E-state index < -0.39 is 11.8 Å². The highest BCUT2D eigenvalue weighted by Crippen LogP contribution is 2.41. The molecule has 2 atom stereocenters. The van der Waals surface area contributed by atoms with Gasteiger partial charge >= 0.3 is 0 Å². The highest BCUT2D eigenvalue weighted by atomic mass is 35.5. The average Bonchev–Trinajstić information content (AvgIpc) is 3.20. The molecule has 2 aromatic carbocycles. The molecule has 5 rings (SSSR count). The van der Waals surface area contributed by atoms with Crippen LogP contribution in [-0.4, -0.2) is 51.9 Å². The van der Waals surface area contributed by atoms with E-state index in [1.54, 1.807) is 50.3 Å². The Morgan fingerprint density at radius 3 is 2.31 bits per heavy atom. The highest BCUT2D eigenvalue weighted by molar-refractivity contribution is 6.30. The summed E-state index contributed by atoms with van der Waals surface area (Å²) in [6.45, 7) is 4.92. The van der Waals surface area contributed by atoms with Gasteiger partial charge in [0.2, 0.25) is 5.91 Å². The normalized spacial score (nSPS) is 18.7. The first kappa shape index (κ1) is 29.0. The fourth-order valence-corrected chi connectivity index (χ4v) is 5.45. The molecule has 0 radical (unpaired) electrons. The first-order valence-electron chi connectivity index (χ1n) is 12.9. The molecule has 0 spiro atoms. The predicted molar refractivity (Wildman–Crippen MR) is 151 cm³/mol. The van der Waals surface area contributed by atoms with E-state index in [4.69, 9.17) is 27.9 Å². The Labute approximate surface area is 239 Å². The third-order valence-corrected chi connectivity index (χ3v) is 7.97. The van der Waals surface area contributed by atoms with Gasteiger partial charge in [-0.3, -0.25) is 14.6 Å². The lowest BCUT2D eigenvalue weighted by Crippen LogP contribution is -2.43. The number of fused-ring (bicyclic) bond motifs is 1. The number of halogens is 2. The zero-order chi connectivity index (χ0) is 28.2. The third-order valence-electron chi connectivity index (χ3n) is 7.49. The van der Waals surface area contributed by atoms with Crippen molar-refractivity contribution in [3.8, 4) is 0 Å². The Balaban J connectivity index is 0.000000438. The van der Waals surface area contributed by atoms with Crippen molar-refractivity contribution in [2.24, 2.45) is 5.92 Å². The maximum atomic E-state index is 13.3. The van der Waals surface area contributed by atoms with Crippen molar-refractivity contribution in [2.45, 2.75) is 45.1 Å². The van der Waals surface area contributed by atoms with Gasteiger partial charge in [-0.05, 0) is 61.6 Å². The molecule has 0 aliphatic carbocycles. The molecule has 0 saturated carbocycles. The maximum absolute atomic E-state index is 13.3. The van der Waals surface area contributed by atoms with Gasteiger partial charge in [-0.15, -0.1) is 0 Å². The molecule has 9 heteroatoms. The minimum Gasteiger partial charge on any atom is -0.385 e. The van der Waals surface area contributed by atoms with Crippen molar-refractivity contribution in [3.63, 3.8) is 0 Å². The third kappa shape index (κ3) is 6.61. The predicted octanol–water partition coefficient (Wildman–Crippen LogP) is 5.84. The molecule has 1 N–H and O–H groups in total. The molecule has 1 saturated heterocycles. The van der Waals surface area contributed by atoms with Crippen LogP contribution in [0.25, 0.3) is 0 Å². The molecule has 3 aromatic rings. The van der Waals surface area contributed by atoms with Crippen molar-refractivity contribution >= 4 is 35.0 Å². The molecule has 2 aliphatic rings. The van der Waals surface area contributed by atoms with Crippen LogP contribution in [0.15, 0.2) is 66.9 Å². The van der Waals surface area contributed by atoms with Gasteiger partial charge in [0.05, 0.1) is 22.9 Å². The zero-order valence-corrected chi connectivity index (χ0v) is 23.8. The van der Waals surface area contributed by atoms with Gasteiger partial charge in [0, 0.05) is 49.5 Å². The molecular formula is C30H33Cl2N3O4. The van der Waals surface area contributed by atoms with E-state index in [0.29, 0.717) is 54.3 Å². The van der Waals surface area contributed by atoms with Crippen molar-refractivity contribution < 1.29 is 19.4 Å². The van der Waals surface area contributed by atoms with Crippen molar-refractivity contribution in [1.82, 2.24) is 14.8 Å². The minimum atomic E-state index is -1.11. The van der Waals surface area contributed by atoms with Crippen molar-refractivity contribution in [2.75, 3.05) is 20.2 Å². The van der Waals surface area contributed by atoms with Gasteiger partial charge in [-0.25, -0.2) is 0 Å². The van der Waals surface area contributed by atoms with E-state index in [9.17, 15) is 14.7 Å². The van der Waals surface area contributed by atoms with Gasteiger partial charge in [-0.1, -0.05) is 53.5 Å². The minimum absolute atomic E-state index is 0.000229. The first-order valence-corrected chi connectivity index (χ1v) is 13.6. The van der Waals surface area contributed by atoms with Crippen LogP contribution in [0.4, 0.5) is 0 Å². The number of amides is 2. The lowest BCUT2D eigenvalue weighted by molar-refractivity contribution is -0.132. The number of ether oxygens (including phenoxy) is 1. The van der Waals surface area contributed by atoms with Crippen LogP contribution in [0.3, 0.4) is 0 Å². The lowest BCUT2D eigenvalue weighted by Gasteiger charge is -2.39. The second-order valence-electron chi connectivity index (χ2n) is 10.0. The standard InChI is InChI=1S/C24H28ClN3O4.C6H5Cl/c1-15(29)27-10-8-16(9-11-27)24(2,31)17-4-7-20-21(12-17)22(30)28(23(20)32-3)14-19-6-5-18(25)13-26-19;7-6-4-2-1-3-5-6/h4-7,12-13,16,23,31H,8-11,14H2,1-3H3;1-5H. The number of methoxy groups -OCH3 is 1. The highest BCUT2D eigenvalue weighted by Gasteiger charge is 2.41. The maximum Gasteiger partial charge on any atom is 0.256 e. The number of piperidine rings is 1. The van der Waals surface area contributed by atoms with Crippen LogP contribution in [0, 0.1) is 5.92 Å². The summed E-state index contributed by atoms with van der Waals surface area (Å²) in [6, 6.07) is 18.5. The van der Waals surface area contributed by atoms with Gasteiger partial charge in [0.15, 0.2) is 6.23 Å². The molecule has 39 heavy (non-hydrogen) atoms. The monoisotopic (exact) mass is 569 g/mol. The van der Waals surface area contributed by atoms with Crippen molar-refractivity contribution in [3.05, 3.63) is 99.3 Å². The summed E-state index contributed by atoms with van der Waals surface area (Å²) >= 11 is 11.5. The van der Waals surface area contributed by atoms with Crippen LogP contribution < -0.4 is 0 Å². The molecule has 0 bridgehead atoms. The number of carbonyl (C=O) groups is 2. The molecular weight excluding hydrogens is 537 g/mol. The molecule has 1 aromatic heterocycles. The molecule has 3 heterocycles. The fraction of sp³-hybridized carbons (Fsp3) is 0.367. The van der Waals surface area contributed by atoms with Crippen LogP contribution in [0.1, 0.15) is 60.1 Å². The Morgan fingerprint density at radius 1 is 1.08 bits per heavy atom. The number of nitrogens with zero attached hydrogens (tertiary/aromatic N) is 3. The van der Waals surface area contributed by atoms with E-state index >= 15 is 0 Å². The summed E-state index contributed by atoms with van der Waals surface area (Å²) in [6.07, 6.45) is 2.46. The number of hydrogen-bond acceptors (Lipinski definition) is 5. The van der Waals surface area contributed by atoms with Crippen LogP contribution in [0.5, 0.6) is 0 Å². The largest absolute Gasteiger partial charge is 0.385 e. The number of pyridine rings is 1. The summed E-state index contributed by atoms with van der Waals surface area (Å²) < 4.78 is 5.64. The fourth-order valence-electron chi connectivity index (χ4n) is 5.19. The number of benzene rings is 2. The van der Waals surface area contributed by atoms with Crippen LogP contribution in [-0.2, 0) is 21.7 Å². The lowest BCUT2D eigenvalue weighted by atomic mass is 9.77. The topological polar surface area (TPSA) is 83.0 Å². The van der Waals surface area contributed by atoms with E-state index in [0.717, 1.165) is 10.6 Å². The number of carbonyl (C=O) groups excluding carboxylic acids is 2. The summed E-state index contributed by atoms with van der Waals surface area (Å²) in [5.41, 5.74) is 1.61. The first-order chi connectivity index (χ1) is 18.6. The smallest absolute Gasteiger partial charge is 0.256 e. The quantitative estimate of drug-likeness (QED) is 0.417. The van der Waals surface area contributed by atoms with Gasteiger partial charge in [0.25, 0.3) is 5.91 Å². The summed E-state index contributed by atoms with van der Waals surface area (Å²) in [7, 11) is 1.57. The molecule has 206 valence electrons. The van der Waals surface area contributed by atoms with E-state index in [1.165, 1.54) is 0 Å². The second-order valence-corrected chi connectivity index (χ2v) is 10.9. The zero-order valence-electron chi connectivity index (χ0n) is 22.3. The van der Waals surface area contributed by atoms with Crippen molar-refractivity contribution in [1.29, 1.82) is 0 Å². The molecule has 1 fully saturated rings. The SMILES string of the molecule is COC1c2ccc(C(C)(O)C3CCN(C(C)=O)CC3)cc2C(=O)N1Cc1ccc(Cl)cn1.Clc1ccccc1.